The van der Waals surface area contributed by atoms with Gasteiger partial charge in [0.05, 0.1) is 0 Å². The summed E-state index contributed by atoms with van der Waals surface area (Å²) in [4.78, 5) is 25.3. The molecule has 3 amide bonds. The highest BCUT2D eigenvalue weighted by molar-refractivity contribution is 9.10. The normalized spacial score (nSPS) is 12.6. The topological polar surface area (TPSA) is 96.0 Å². The molecule has 162 valence electrons. The summed E-state index contributed by atoms with van der Waals surface area (Å²) in [5.41, 5.74) is 1.30. The minimum Gasteiger partial charge on any atom is -0.326 e. The fourth-order valence-electron chi connectivity index (χ4n) is 2.74. The number of benzene rings is 2. The molecule has 0 fully saturated rings. The number of anilines is 2. The van der Waals surface area contributed by atoms with Gasteiger partial charge in [-0.2, -0.15) is 0 Å². The maximum absolute atomic E-state index is 13.1. The fourth-order valence-corrected chi connectivity index (χ4v) is 3.89. The summed E-state index contributed by atoms with van der Waals surface area (Å²) in [7, 11) is 0. The van der Waals surface area contributed by atoms with Crippen LogP contribution in [0.3, 0.4) is 0 Å². The summed E-state index contributed by atoms with van der Waals surface area (Å²) < 4.78 is 13.9. The summed E-state index contributed by atoms with van der Waals surface area (Å²) in [6.07, 6.45) is 0.687. The summed E-state index contributed by atoms with van der Waals surface area (Å²) in [6, 6.07) is 11.8. The van der Waals surface area contributed by atoms with E-state index in [1.807, 2.05) is 19.9 Å². The van der Waals surface area contributed by atoms with E-state index in [0.29, 0.717) is 27.8 Å². The number of halogens is 2. The Labute approximate surface area is 191 Å². The van der Waals surface area contributed by atoms with Gasteiger partial charge in [0.1, 0.15) is 16.9 Å². The lowest BCUT2D eigenvalue weighted by molar-refractivity contribution is -0.119. The zero-order valence-electron chi connectivity index (χ0n) is 16.9. The zero-order valence-corrected chi connectivity index (χ0v) is 19.3. The molecule has 3 rings (SSSR count). The van der Waals surface area contributed by atoms with E-state index in [0.717, 1.165) is 4.47 Å². The molecule has 0 spiro atoms. The van der Waals surface area contributed by atoms with Crippen molar-refractivity contribution in [2.75, 3.05) is 10.6 Å². The molecule has 0 aliphatic carbocycles. The van der Waals surface area contributed by atoms with Crippen LogP contribution in [0.1, 0.15) is 20.3 Å². The summed E-state index contributed by atoms with van der Waals surface area (Å²) in [6.45, 7) is 3.82. The van der Waals surface area contributed by atoms with Gasteiger partial charge in [0, 0.05) is 15.7 Å². The number of urea groups is 1. The first-order valence-corrected chi connectivity index (χ1v) is 11.2. The molecule has 2 unspecified atom stereocenters. The molecule has 10 heteroatoms. The van der Waals surface area contributed by atoms with Crippen LogP contribution < -0.4 is 16.0 Å². The van der Waals surface area contributed by atoms with E-state index in [-0.39, 0.29) is 17.6 Å². The van der Waals surface area contributed by atoms with Crippen molar-refractivity contribution in [2.24, 2.45) is 5.92 Å². The van der Waals surface area contributed by atoms with E-state index in [4.69, 9.17) is 0 Å². The van der Waals surface area contributed by atoms with Gasteiger partial charge in [-0.15, -0.1) is 10.2 Å². The van der Waals surface area contributed by atoms with Crippen LogP contribution in [-0.2, 0) is 4.79 Å². The van der Waals surface area contributed by atoms with E-state index in [1.54, 1.807) is 30.3 Å². The Morgan fingerprint density at radius 2 is 1.87 bits per heavy atom. The Morgan fingerprint density at radius 1 is 1.13 bits per heavy atom. The van der Waals surface area contributed by atoms with Crippen molar-refractivity contribution in [1.29, 1.82) is 0 Å². The molecule has 0 saturated carbocycles. The van der Waals surface area contributed by atoms with Crippen LogP contribution in [0.5, 0.6) is 0 Å². The average molecular weight is 506 g/mol. The van der Waals surface area contributed by atoms with Crippen LogP contribution >= 0.6 is 27.3 Å². The van der Waals surface area contributed by atoms with Gasteiger partial charge in [0.2, 0.25) is 11.0 Å². The van der Waals surface area contributed by atoms with E-state index < -0.39 is 12.1 Å². The Kier molecular flexibility index (Phi) is 7.69. The maximum atomic E-state index is 13.1. The number of nitrogens with one attached hydrogen (secondary N) is 3. The quantitative estimate of drug-likeness (QED) is 0.406. The smallest absolute Gasteiger partial charge is 0.319 e. The van der Waals surface area contributed by atoms with Crippen LogP contribution in [0.2, 0.25) is 0 Å². The van der Waals surface area contributed by atoms with Crippen molar-refractivity contribution in [1.82, 2.24) is 15.5 Å². The first-order chi connectivity index (χ1) is 14.9. The maximum Gasteiger partial charge on any atom is 0.319 e. The minimum absolute atomic E-state index is 0.113. The third-order valence-electron chi connectivity index (χ3n) is 4.61. The lowest BCUT2D eigenvalue weighted by Gasteiger charge is -2.23. The van der Waals surface area contributed by atoms with Crippen LogP contribution in [-0.4, -0.2) is 28.2 Å². The van der Waals surface area contributed by atoms with Gasteiger partial charge in [-0.05, 0) is 48.4 Å². The molecular weight excluding hydrogens is 485 g/mol. The molecule has 31 heavy (non-hydrogen) atoms. The molecule has 2 atom stereocenters. The second-order valence-electron chi connectivity index (χ2n) is 6.88. The van der Waals surface area contributed by atoms with Gasteiger partial charge in [-0.25, -0.2) is 9.18 Å². The van der Waals surface area contributed by atoms with Crippen LogP contribution in [0.15, 0.2) is 53.0 Å². The highest BCUT2D eigenvalue weighted by Gasteiger charge is 2.27. The number of nitrogens with zero attached hydrogens (tertiary/aromatic N) is 2. The molecule has 2 aromatic carbocycles. The number of carbonyl (C=O) groups is 2. The van der Waals surface area contributed by atoms with E-state index in [1.165, 1.54) is 23.5 Å². The van der Waals surface area contributed by atoms with Gasteiger partial charge in [-0.1, -0.05) is 53.6 Å². The molecule has 0 aliphatic rings. The Hall–Kier alpha value is -2.85. The molecule has 0 saturated heterocycles. The molecule has 1 heterocycles. The largest absolute Gasteiger partial charge is 0.326 e. The number of hydrogen-bond acceptors (Lipinski definition) is 5. The van der Waals surface area contributed by atoms with Gasteiger partial charge in [0.25, 0.3) is 0 Å². The van der Waals surface area contributed by atoms with Crippen molar-refractivity contribution >= 4 is 50.0 Å². The number of rotatable bonds is 7. The SMILES string of the molecule is CCC(C)C(NC(=O)Nc1cccc(Br)c1)C(=O)Nc1nnc(-c2ccc(F)cc2)s1. The second-order valence-corrected chi connectivity index (χ2v) is 8.77. The van der Waals surface area contributed by atoms with Gasteiger partial charge in [0.15, 0.2) is 0 Å². The number of aromatic nitrogens is 2. The molecule has 0 aliphatic heterocycles. The summed E-state index contributed by atoms with van der Waals surface area (Å²) in [5.74, 6) is -0.844. The van der Waals surface area contributed by atoms with Crippen molar-refractivity contribution in [3.63, 3.8) is 0 Å². The van der Waals surface area contributed by atoms with Crippen LogP contribution in [0, 0.1) is 11.7 Å². The minimum atomic E-state index is -0.768. The van der Waals surface area contributed by atoms with Gasteiger partial charge >= 0.3 is 6.03 Å². The third-order valence-corrected chi connectivity index (χ3v) is 5.99. The summed E-state index contributed by atoms with van der Waals surface area (Å²) >= 11 is 4.52. The summed E-state index contributed by atoms with van der Waals surface area (Å²) in [5, 5.41) is 17.1. The lowest BCUT2D eigenvalue weighted by atomic mass is 9.98. The van der Waals surface area contributed by atoms with Gasteiger partial charge < -0.3 is 10.6 Å². The monoisotopic (exact) mass is 505 g/mol. The molecule has 3 aromatic rings. The molecule has 1 aromatic heterocycles. The molecule has 7 nitrogen and oxygen atoms in total. The first-order valence-electron chi connectivity index (χ1n) is 9.59. The van der Waals surface area contributed by atoms with Crippen molar-refractivity contribution < 1.29 is 14.0 Å². The van der Waals surface area contributed by atoms with Crippen molar-refractivity contribution in [3.05, 3.63) is 58.8 Å². The molecular formula is C21H21BrFN5O2S. The highest BCUT2D eigenvalue weighted by atomic mass is 79.9. The van der Waals surface area contributed by atoms with Crippen molar-refractivity contribution in [3.8, 4) is 10.6 Å². The van der Waals surface area contributed by atoms with Crippen LogP contribution in [0.25, 0.3) is 10.6 Å². The Balaban J connectivity index is 1.67. The third kappa shape index (κ3) is 6.31. The highest BCUT2D eigenvalue weighted by Crippen LogP contribution is 2.26. The predicted molar refractivity (Wildman–Crippen MR) is 123 cm³/mol. The van der Waals surface area contributed by atoms with E-state index in [2.05, 4.69) is 42.1 Å². The number of amides is 3. The Morgan fingerprint density at radius 3 is 2.55 bits per heavy atom. The molecule has 0 radical (unpaired) electrons. The van der Waals surface area contributed by atoms with Gasteiger partial charge in [-0.3, -0.25) is 10.1 Å². The number of hydrogen-bond donors (Lipinski definition) is 3. The standard InChI is InChI=1S/C21H21BrFN5O2S/c1-3-12(2)17(25-20(30)24-16-6-4-5-14(22)11-16)18(29)26-21-28-27-19(31-21)13-7-9-15(23)10-8-13/h4-12,17H,3H2,1-2H3,(H2,24,25,30)(H,26,28,29). The molecule has 3 N–H and O–H groups in total. The number of carbonyl (C=O) groups excluding carboxylic acids is 2. The van der Waals surface area contributed by atoms with Crippen molar-refractivity contribution in [2.45, 2.75) is 26.3 Å². The lowest BCUT2D eigenvalue weighted by Crippen LogP contribution is -2.49. The Bertz CT molecular complexity index is 1060. The predicted octanol–water partition coefficient (Wildman–Crippen LogP) is 5.28. The first kappa shape index (κ1) is 22.8. The average Bonchev–Trinajstić information content (AvgIpc) is 3.20. The second kappa shape index (κ2) is 10.5. The van der Waals surface area contributed by atoms with E-state index >= 15 is 0 Å². The van der Waals surface area contributed by atoms with E-state index in [9.17, 15) is 14.0 Å². The molecule has 0 bridgehead atoms. The fraction of sp³-hybridized carbons (Fsp3) is 0.238. The van der Waals surface area contributed by atoms with Crippen LogP contribution in [0.4, 0.5) is 20.0 Å². The zero-order chi connectivity index (χ0) is 22.4.